The lowest BCUT2D eigenvalue weighted by molar-refractivity contribution is -0.0414. The minimum absolute atomic E-state index is 0.157. The lowest BCUT2D eigenvalue weighted by Gasteiger charge is -2.43. The van der Waals surface area contributed by atoms with Gasteiger partial charge in [-0.15, -0.1) is 0 Å². The van der Waals surface area contributed by atoms with E-state index in [1.54, 1.807) is 24.3 Å². The minimum atomic E-state index is -3.54. The normalized spacial score (nSPS) is 14.0. The van der Waals surface area contributed by atoms with Crippen LogP contribution in [0.1, 0.15) is 181 Å². The van der Waals surface area contributed by atoms with Crippen LogP contribution in [-0.4, -0.2) is 33.0 Å². The Morgan fingerprint density at radius 3 is 0.827 bits per heavy atom. The molecule has 0 atom stereocenters. The van der Waals surface area contributed by atoms with Crippen LogP contribution in [0.2, 0.25) is 0 Å². The maximum Gasteiger partial charge on any atom is 0.321 e. The first kappa shape index (κ1) is 45.7. The Hall–Kier alpha value is -2.47. The molecule has 0 amide bonds. The number of carbonyl (C=O) groups is 2. The Kier molecular flexibility index (Phi) is 13.5. The molecule has 0 saturated carbocycles. The monoisotopic (exact) mass is 742 g/mol. The molecule has 0 aliphatic rings. The average molecular weight is 743 g/mol. The van der Waals surface area contributed by atoms with E-state index in [2.05, 4.69) is 0 Å². The summed E-state index contributed by atoms with van der Waals surface area (Å²) in [7, 11) is -3.54. The van der Waals surface area contributed by atoms with E-state index in [-0.39, 0.29) is 23.1 Å². The Balaban J connectivity index is 2.86. The SMILES string of the molecule is CC(C)C(O[PH](=O)OC(C(=O)c1cc(C(C)(C)C)c(O)c(C(C)(C)C)c1)(C(C)C)C(C)C)(C(=O)c1cc(C(C)(C)C)c(O)c(C(C)(C)C)c1)C(C)C. The molecule has 0 unspecified atom stereocenters. The number of hydrogen-bond acceptors (Lipinski definition) is 7. The molecule has 0 aromatic heterocycles. The van der Waals surface area contributed by atoms with E-state index in [4.69, 9.17) is 9.05 Å². The molecule has 0 fully saturated rings. The van der Waals surface area contributed by atoms with Crippen LogP contribution in [0.3, 0.4) is 0 Å². The maximum atomic E-state index is 15.0. The zero-order chi connectivity index (χ0) is 40.9. The third-order valence-electron chi connectivity index (χ3n) is 10.6. The van der Waals surface area contributed by atoms with Crippen molar-refractivity contribution in [2.75, 3.05) is 0 Å². The summed E-state index contributed by atoms with van der Waals surface area (Å²) in [6, 6.07) is 6.92. The highest BCUT2D eigenvalue weighted by molar-refractivity contribution is 7.33. The number of benzene rings is 2. The van der Waals surface area contributed by atoms with Crippen molar-refractivity contribution in [3.05, 3.63) is 57.6 Å². The topological polar surface area (TPSA) is 110 Å². The molecular formula is C44H71O7P. The maximum absolute atomic E-state index is 15.0. The van der Waals surface area contributed by atoms with Gasteiger partial charge in [0.25, 0.3) is 0 Å². The molecular weight excluding hydrogens is 671 g/mol. The molecule has 2 aromatic carbocycles. The van der Waals surface area contributed by atoms with Gasteiger partial charge in [-0.3, -0.25) is 23.2 Å². The highest BCUT2D eigenvalue weighted by atomic mass is 31.1. The molecule has 0 aliphatic heterocycles. The molecule has 0 heterocycles. The van der Waals surface area contributed by atoms with Crippen LogP contribution in [0.25, 0.3) is 0 Å². The molecule has 294 valence electrons. The summed E-state index contributed by atoms with van der Waals surface area (Å²) >= 11 is 0. The first-order chi connectivity index (χ1) is 23.2. The fraction of sp³-hybridized carbons (Fsp3) is 0.682. The molecule has 52 heavy (non-hydrogen) atoms. The number of rotatable bonds is 12. The van der Waals surface area contributed by atoms with Crippen LogP contribution >= 0.6 is 8.25 Å². The molecule has 0 saturated heterocycles. The number of carbonyl (C=O) groups excluding carboxylic acids is 2. The van der Waals surface area contributed by atoms with Gasteiger partial charge in [-0.25, -0.2) is 0 Å². The van der Waals surface area contributed by atoms with Crippen LogP contribution in [0.5, 0.6) is 11.5 Å². The number of phenolic OH excluding ortho intramolecular Hbond substituents is 2. The van der Waals surface area contributed by atoms with E-state index in [0.29, 0.717) is 33.4 Å². The number of phenols is 2. The summed E-state index contributed by atoms with van der Waals surface area (Å²) in [5, 5.41) is 22.8. The van der Waals surface area contributed by atoms with Gasteiger partial charge in [-0.2, -0.15) is 0 Å². The van der Waals surface area contributed by atoms with Gasteiger partial charge in [-0.1, -0.05) is 138 Å². The van der Waals surface area contributed by atoms with Crippen molar-refractivity contribution in [3.63, 3.8) is 0 Å². The first-order valence-electron chi connectivity index (χ1n) is 19.0. The van der Waals surface area contributed by atoms with Gasteiger partial charge in [0.05, 0.1) is 0 Å². The predicted molar refractivity (Wildman–Crippen MR) is 216 cm³/mol. The van der Waals surface area contributed by atoms with Crippen LogP contribution in [0, 0.1) is 23.7 Å². The molecule has 0 radical (unpaired) electrons. The van der Waals surface area contributed by atoms with Crippen LogP contribution in [0.4, 0.5) is 0 Å². The zero-order valence-electron chi connectivity index (χ0n) is 36.1. The number of Topliss-reactive ketones (excluding diaryl/α,β-unsaturated/α-hetero) is 2. The van der Waals surface area contributed by atoms with Gasteiger partial charge in [0.2, 0.25) is 0 Å². The summed E-state index contributed by atoms with van der Waals surface area (Å²) in [6.07, 6.45) is 0. The lowest BCUT2D eigenvalue weighted by atomic mass is 9.72. The molecule has 2 N–H and O–H groups in total. The summed E-state index contributed by atoms with van der Waals surface area (Å²) in [4.78, 5) is 29.9. The van der Waals surface area contributed by atoms with Crippen molar-refractivity contribution in [1.82, 2.24) is 0 Å². The zero-order valence-corrected chi connectivity index (χ0v) is 37.1. The third kappa shape index (κ3) is 8.90. The molecule has 0 bridgehead atoms. The molecule has 8 heteroatoms. The van der Waals surface area contributed by atoms with E-state index < -0.39 is 64.8 Å². The second-order valence-electron chi connectivity index (χ2n) is 20.2. The molecule has 2 aromatic rings. The van der Waals surface area contributed by atoms with Crippen LogP contribution in [0.15, 0.2) is 24.3 Å². The van der Waals surface area contributed by atoms with E-state index in [1.807, 2.05) is 138 Å². The summed E-state index contributed by atoms with van der Waals surface area (Å²) in [5.74, 6) is -2.15. The molecule has 0 aliphatic carbocycles. The van der Waals surface area contributed by atoms with Gasteiger partial charge >= 0.3 is 8.25 Å². The van der Waals surface area contributed by atoms with Gasteiger partial charge in [0, 0.05) is 33.4 Å². The van der Waals surface area contributed by atoms with Crippen molar-refractivity contribution in [1.29, 1.82) is 0 Å². The van der Waals surface area contributed by atoms with Crippen molar-refractivity contribution >= 4 is 19.8 Å². The van der Waals surface area contributed by atoms with Gasteiger partial charge < -0.3 is 10.2 Å². The summed E-state index contributed by atoms with van der Waals surface area (Å²) < 4.78 is 27.5. The van der Waals surface area contributed by atoms with E-state index in [1.165, 1.54) is 0 Å². The fourth-order valence-electron chi connectivity index (χ4n) is 7.51. The number of hydrogen-bond donors (Lipinski definition) is 2. The van der Waals surface area contributed by atoms with Crippen molar-refractivity contribution < 1.29 is 33.4 Å². The number of ketones is 2. The quantitative estimate of drug-likeness (QED) is 0.164. The van der Waals surface area contributed by atoms with Crippen LogP contribution in [-0.2, 0) is 35.3 Å². The molecule has 0 spiro atoms. The molecule has 2 rings (SSSR count). The second kappa shape index (κ2) is 15.3. The summed E-state index contributed by atoms with van der Waals surface area (Å²) in [5.41, 5.74) is -1.82. The standard InChI is InChI=1S/C44H71O7P/c1-25(2)43(26(3)4,37(47)29-21-31(39(9,10)11)35(45)32(22-29)40(12,13)14)50-52(49)51-44(27(5)6,28(7)8)38(48)30-23-33(41(15,16)17)36(46)34(24-30)42(18,19)20/h21-28,45-46,52H,1-20H3. The van der Waals surface area contributed by atoms with Crippen molar-refractivity contribution in [2.45, 2.75) is 171 Å². The van der Waals surface area contributed by atoms with E-state index in [9.17, 15) is 24.4 Å². The predicted octanol–water partition coefficient (Wildman–Crippen LogP) is 11.9. The van der Waals surface area contributed by atoms with Gasteiger partial charge in [-0.05, 0) is 69.6 Å². The second-order valence-corrected chi connectivity index (χ2v) is 21.1. The number of aromatic hydroxyl groups is 2. The first-order valence-corrected chi connectivity index (χ1v) is 20.2. The van der Waals surface area contributed by atoms with E-state index in [0.717, 1.165) is 0 Å². The highest BCUT2D eigenvalue weighted by Crippen LogP contribution is 2.50. The smallest absolute Gasteiger partial charge is 0.321 e. The third-order valence-corrected chi connectivity index (χ3v) is 11.6. The van der Waals surface area contributed by atoms with E-state index >= 15 is 0 Å². The Morgan fingerprint density at radius 1 is 0.481 bits per heavy atom. The highest BCUT2D eigenvalue weighted by Gasteiger charge is 2.52. The molecule has 7 nitrogen and oxygen atoms in total. The minimum Gasteiger partial charge on any atom is -0.507 e. The summed E-state index contributed by atoms with van der Waals surface area (Å²) in [6.45, 7) is 38.8. The van der Waals surface area contributed by atoms with Crippen molar-refractivity contribution in [3.8, 4) is 11.5 Å². The fourth-order valence-corrected chi connectivity index (χ4v) is 9.23. The largest absolute Gasteiger partial charge is 0.507 e. The Labute approximate surface area is 316 Å². The Bertz CT molecular complexity index is 1440. The van der Waals surface area contributed by atoms with Gasteiger partial charge in [0.15, 0.2) is 11.6 Å². The van der Waals surface area contributed by atoms with Crippen LogP contribution < -0.4 is 0 Å². The van der Waals surface area contributed by atoms with Gasteiger partial charge in [0.1, 0.15) is 22.7 Å². The Morgan fingerprint density at radius 2 is 0.673 bits per heavy atom. The van der Waals surface area contributed by atoms with Crippen molar-refractivity contribution in [2.24, 2.45) is 23.7 Å². The lowest BCUT2D eigenvalue weighted by Crippen LogP contribution is -2.52. The average Bonchev–Trinajstić information content (AvgIpc) is 2.95.